The van der Waals surface area contributed by atoms with Crippen LogP contribution in [0.25, 0.3) is 11.3 Å². The van der Waals surface area contributed by atoms with Crippen LogP contribution in [0.4, 0.5) is 0 Å². The lowest BCUT2D eigenvalue weighted by Crippen LogP contribution is -1.87. The molecule has 2 nitrogen and oxygen atoms in total. The Kier molecular flexibility index (Phi) is 2.82. The second kappa shape index (κ2) is 4.12. The van der Waals surface area contributed by atoms with Crippen molar-refractivity contribution in [3.63, 3.8) is 0 Å². The Morgan fingerprint density at radius 1 is 1.06 bits per heavy atom. The van der Waals surface area contributed by atoms with Gasteiger partial charge in [0.25, 0.3) is 0 Å². The van der Waals surface area contributed by atoms with Gasteiger partial charge in [0.2, 0.25) is 0 Å². The first kappa shape index (κ1) is 10.9. The standard InChI is InChI=1S/C14H17NO/c1-9(2)12-5-7-13(8-6-12)14-10(3)16-11(4)15-14/h5-9H,1-4H3. The van der Waals surface area contributed by atoms with Gasteiger partial charge in [-0.15, -0.1) is 0 Å². The summed E-state index contributed by atoms with van der Waals surface area (Å²) in [7, 11) is 0. The average molecular weight is 215 g/mol. The summed E-state index contributed by atoms with van der Waals surface area (Å²) in [6.07, 6.45) is 0. The first-order chi connectivity index (χ1) is 7.58. The zero-order valence-corrected chi connectivity index (χ0v) is 10.2. The number of hydrogen-bond acceptors (Lipinski definition) is 2. The maximum Gasteiger partial charge on any atom is 0.191 e. The molecule has 16 heavy (non-hydrogen) atoms. The van der Waals surface area contributed by atoms with Gasteiger partial charge in [0, 0.05) is 12.5 Å². The van der Waals surface area contributed by atoms with E-state index in [9.17, 15) is 0 Å². The summed E-state index contributed by atoms with van der Waals surface area (Å²) >= 11 is 0. The second-order valence-electron chi connectivity index (χ2n) is 4.41. The molecular formula is C14H17NO. The van der Waals surface area contributed by atoms with E-state index in [1.54, 1.807) is 0 Å². The SMILES string of the molecule is Cc1nc(-c2ccc(C(C)C)cc2)c(C)o1. The molecule has 0 atom stereocenters. The third kappa shape index (κ3) is 2.01. The normalized spacial score (nSPS) is 11.1. The fourth-order valence-corrected chi connectivity index (χ4v) is 1.82. The molecule has 0 amide bonds. The van der Waals surface area contributed by atoms with E-state index in [-0.39, 0.29) is 0 Å². The van der Waals surface area contributed by atoms with Gasteiger partial charge in [-0.25, -0.2) is 4.98 Å². The molecule has 0 aliphatic heterocycles. The van der Waals surface area contributed by atoms with E-state index in [0.717, 1.165) is 22.9 Å². The number of hydrogen-bond donors (Lipinski definition) is 0. The Labute approximate surface area is 96.3 Å². The van der Waals surface area contributed by atoms with Gasteiger partial charge in [0.05, 0.1) is 0 Å². The molecule has 0 radical (unpaired) electrons. The van der Waals surface area contributed by atoms with Crippen LogP contribution in [0.3, 0.4) is 0 Å². The molecule has 0 fully saturated rings. The van der Waals surface area contributed by atoms with Gasteiger partial charge >= 0.3 is 0 Å². The van der Waals surface area contributed by atoms with Crippen molar-refractivity contribution < 1.29 is 4.42 Å². The Hall–Kier alpha value is -1.57. The van der Waals surface area contributed by atoms with Crippen molar-refractivity contribution in [2.45, 2.75) is 33.6 Å². The Morgan fingerprint density at radius 2 is 1.69 bits per heavy atom. The van der Waals surface area contributed by atoms with Crippen molar-refractivity contribution in [1.29, 1.82) is 0 Å². The lowest BCUT2D eigenvalue weighted by Gasteiger charge is -2.05. The monoisotopic (exact) mass is 215 g/mol. The topological polar surface area (TPSA) is 26.0 Å². The Bertz CT molecular complexity index is 480. The first-order valence-electron chi connectivity index (χ1n) is 5.62. The largest absolute Gasteiger partial charge is 0.446 e. The quantitative estimate of drug-likeness (QED) is 0.754. The minimum atomic E-state index is 0.564. The van der Waals surface area contributed by atoms with E-state index in [1.807, 2.05) is 13.8 Å². The molecule has 84 valence electrons. The third-order valence-electron chi connectivity index (χ3n) is 2.75. The highest BCUT2D eigenvalue weighted by Crippen LogP contribution is 2.25. The Balaban J connectivity index is 2.38. The van der Waals surface area contributed by atoms with E-state index in [4.69, 9.17) is 4.42 Å². The van der Waals surface area contributed by atoms with Crippen LogP contribution in [0.1, 0.15) is 37.0 Å². The molecule has 1 aromatic heterocycles. The third-order valence-corrected chi connectivity index (χ3v) is 2.75. The lowest BCUT2D eigenvalue weighted by atomic mass is 10.0. The minimum absolute atomic E-state index is 0.564. The maximum absolute atomic E-state index is 5.44. The van der Waals surface area contributed by atoms with Crippen molar-refractivity contribution >= 4 is 0 Å². The van der Waals surface area contributed by atoms with Crippen LogP contribution in [0, 0.1) is 13.8 Å². The lowest BCUT2D eigenvalue weighted by molar-refractivity contribution is 0.495. The molecule has 0 bridgehead atoms. The molecule has 2 aromatic rings. The summed E-state index contributed by atoms with van der Waals surface area (Å²) in [5.41, 5.74) is 3.42. The highest BCUT2D eigenvalue weighted by atomic mass is 16.4. The highest BCUT2D eigenvalue weighted by molar-refractivity contribution is 5.61. The first-order valence-corrected chi connectivity index (χ1v) is 5.62. The molecule has 1 heterocycles. The van der Waals surface area contributed by atoms with Crippen molar-refractivity contribution in [3.8, 4) is 11.3 Å². The predicted molar refractivity (Wildman–Crippen MR) is 65.5 cm³/mol. The summed E-state index contributed by atoms with van der Waals surface area (Å²) in [6, 6.07) is 8.53. The van der Waals surface area contributed by atoms with Crippen LogP contribution in [0.5, 0.6) is 0 Å². The van der Waals surface area contributed by atoms with E-state index in [0.29, 0.717) is 5.92 Å². The maximum atomic E-state index is 5.44. The zero-order valence-electron chi connectivity index (χ0n) is 10.2. The van der Waals surface area contributed by atoms with Gasteiger partial charge < -0.3 is 4.42 Å². The molecule has 0 spiro atoms. The molecule has 2 heteroatoms. The number of oxazole rings is 1. The zero-order chi connectivity index (χ0) is 11.7. The van der Waals surface area contributed by atoms with Gasteiger partial charge in [-0.2, -0.15) is 0 Å². The van der Waals surface area contributed by atoms with Crippen LogP contribution < -0.4 is 0 Å². The molecular weight excluding hydrogens is 198 g/mol. The average Bonchev–Trinajstić information content (AvgIpc) is 2.58. The number of aromatic nitrogens is 1. The van der Waals surface area contributed by atoms with Gasteiger partial charge in [-0.05, 0) is 18.4 Å². The van der Waals surface area contributed by atoms with Crippen LogP contribution in [-0.2, 0) is 0 Å². The molecule has 0 saturated heterocycles. The van der Waals surface area contributed by atoms with Crippen molar-refractivity contribution in [2.75, 3.05) is 0 Å². The summed E-state index contributed by atoms with van der Waals surface area (Å²) in [4.78, 5) is 4.39. The summed E-state index contributed by atoms with van der Waals surface area (Å²) in [6.45, 7) is 8.21. The number of nitrogens with zero attached hydrogens (tertiary/aromatic N) is 1. The molecule has 0 saturated carbocycles. The van der Waals surface area contributed by atoms with Crippen LogP contribution in [-0.4, -0.2) is 4.98 Å². The predicted octanol–water partition coefficient (Wildman–Crippen LogP) is 4.08. The molecule has 1 aromatic carbocycles. The molecule has 0 aliphatic carbocycles. The summed E-state index contributed by atoms with van der Waals surface area (Å²) < 4.78 is 5.44. The minimum Gasteiger partial charge on any atom is -0.446 e. The van der Waals surface area contributed by atoms with Gasteiger partial charge in [0.1, 0.15) is 11.5 Å². The fourth-order valence-electron chi connectivity index (χ4n) is 1.82. The molecule has 0 unspecified atom stereocenters. The Morgan fingerprint density at radius 3 is 2.12 bits per heavy atom. The van der Waals surface area contributed by atoms with Gasteiger partial charge in [0.15, 0.2) is 5.89 Å². The number of benzene rings is 1. The number of aryl methyl sites for hydroxylation is 2. The van der Waals surface area contributed by atoms with E-state index < -0.39 is 0 Å². The smallest absolute Gasteiger partial charge is 0.191 e. The summed E-state index contributed by atoms with van der Waals surface area (Å²) in [5, 5.41) is 0. The molecule has 0 N–H and O–H groups in total. The van der Waals surface area contributed by atoms with Crippen molar-refractivity contribution in [2.24, 2.45) is 0 Å². The molecule has 0 aliphatic rings. The van der Waals surface area contributed by atoms with Crippen molar-refractivity contribution in [3.05, 3.63) is 41.5 Å². The number of rotatable bonds is 2. The molecule has 2 rings (SSSR count). The van der Waals surface area contributed by atoms with Gasteiger partial charge in [-0.3, -0.25) is 0 Å². The highest BCUT2D eigenvalue weighted by Gasteiger charge is 2.09. The fraction of sp³-hybridized carbons (Fsp3) is 0.357. The van der Waals surface area contributed by atoms with Crippen LogP contribution in [0.2, 0.25) is 0 Å². The van der Waals surface area contributed by atoms with Crippen LogP contribution >= 0.6 is 0 Å². The van der Waals surface area contributed by atoms with Crippen molar-refractivity contribution in [1.82, 2.24) is 4.98 Å². The van der Waals surface area contributed by atoms with Crippen LogP contribution in [0.15, 0.2) is 28.7 Å². The second-order valence-corrected chi connectivity index (χ2v) is 4.41. The van der Waals surface area contributed by atoms with Gasteiger partial charge in [-0.1, -0.05) is 38.1 Å². The van der Waals surface area contributed by atoms with E-state index in [1.165, 1.54) is 5.56 Å². The van der Waals surface area contributed by atoms with E-state index in [2.05, 4.69) is 43.1 Å². The summed E-state index contributed by atoms with van der Waals surface area (Å²) in [5.74, 6) is 2.17. The van der Waals surface area contributed by atoms with E-state index >= 15 is 0 Å².